The van der Waals surface area contributed by atoms with E-state index in [9.17, 15) is 0 Å². The Bertz CT molecular complexity index is 357. The van der Waals surface area contributed by atoms with Gasteiger partial charge in [-0.1, -0.05) is 18.2 Å². The van der Waals surface area contributed by atoms with Crippen molar-refractivity contribution >= 4 is 5.71 Å². The van der Waals surface area contributed by atoms with Crippen LogP contribution in [0.5, 0.6) is 0 Å². The van der Waals surface area contributed by atoms with Gasteiger partial charge >= 0.3 is 0 Å². The molecular formula is C14H21NO. The Balaban J connectivity index is 5.03. The number of nitrogens with zero attached hydrogens (tertiary/aromatic N) is 1. The Hall–Kier alpha value is -1.57. The zero-order valence-electron chi connectivity index (χ0n) is 10.9. The van der Waals surface area contributed by atoms with Gasteiger partial charge in [0.15, 0.2) is 0 Å². The molecule has 0 bridgehead atoms. The predicted molar refractivity (Wildman–Crippen MR) is 71.6 cm³/mol. The summed E-state index contributed by atoms with van der Waals surface area (Å²) in [4.78, 5) is 4.13. The molecule has 0 saturated carbocycles. The summed E-state index contributed by atoms with van der Waals surface area (Å²) in [5.41, 5.74) is 3.17. The van der Waals surface area contributed by atoms with Crippen LogP contribution in [0.2, 0.25) is 0 Å². The summed E-state index contributed by atoms with van der Waals surface area (Å²) in [6.45, 7) is 11.6. The maximum Gasteiger partial charge on any atom is 0.119 e. The second kappa shape index (κ2) is 7.69. The van der Waals surface area contributed by atoms with E-state index in [0.717, 1.165) is 17.0 Å². The fraction of sp³-hybridized carbons (Fsp3) is 0.357. The number of methoxy groups -OCH3 is 1. The van der Waals surface area contributed by atoms with Gasteiger partial charge in [-0.3, -0.25) is 4.99 Å². The number of hydrogen-bond acceptors (Lipinski definition) is 2. The van der Waals surface area contributed by atoms with Gasteiger partial charge < -0.3 is 4.74 Å². The van der Waals surface area contributed by atoms with Crippen molar-refractivity contribution in [1.29, 1.82) is 0 Å². The second-order valence-electron chi connectivity index (χ2n) is 3.51. The van der Waals surface area contributed by atoms with Crippen LogP contribution in [0.1, 0.15) is 27.7 Å². The Morgan fingerprint density at radius 1 is 1.19 bits per heavy atom. The maximum atomic E-state index is 5.28. The molecule has 0 aromatic carbocycles. The molecule has 0 N–H and O–H groups in total. The van der Waals surface area contributed by atoms with E-state index in [-0.39, 0.29) is 0 Å². The van der Waals surface area contributed by atoms with Gasteiger partial charge in [-0.25, -0.2) is 0 Å². The van der Waals surface area contributed by atoms with Gasteiger partial charge in [0.25, 0.3) is 0 Å². The molecule has 0 amide bonds. The molecule has 0 unspecified atom stereocenters. The van der Waals surface area contributed by atoms with Crippen molar-refractivity contribution in [2.75, 3.05) is 7.11 Å². The summed E-state index contributed by atoms with van der Waals surface area (Å²) in [6, 6.07) is 0. The minimum atomic E-state index is 0.826. The number of hydrogen-bond donors (Lipinski definition) is 0. The first-order valence-electron chi connectivity index (χ1n) is 5.27. The molecule has 0 spiro atoms. The Kier molecular flexibility index (Phi) is 6.93. The van der Waals surface area contributed by atoms with E-state index in [1.807, 2.05) is 45.9 Å². The molecule has 16 heavy (non-hydrogen) atoms. The van der Waals surface area contributed by atoms with Crippen molar-refractivity contribution in [2.24, 2.45) is 4.99 Å². The Labute approximate surface area is 98.7 Å². The molecule has 0 atom stereocenters. The van der Waals surface area contributed by atoms with E-state index in [0.29, 0.717) is 0 Å². The van der Waals surface area contributed by atoms with Gasteiger partial charge in [0.05, 0.1) is 7.11 Å². The smallest absolute Gasteiger partial charge is 0.119 e. The number of allylic oxidation sites excluding steroid dienone is 5. The fourth-order valence-electron chi connectivity index (χ4n) is 1.02. The molecule has 0 rings (SSSR count). The summed E-state index contributed by atoms with van der Waals surface area (Å²) >= 11 is 0. The average Bonchev–Trinajstić information content (AvgIpc) is 2.27. The van der Waals surface area contributed by atoms with Crippen LogP contribution in [0.4, 0.5) is 0 Å². The highest BCUT2D eigenvalue weighted by Crippen LogP contribution is 2.09. The van der Waals surface area contributed by atoms with Crippen molar-refractivity contribution < 1.29 is 4.74 Å². The topological polar surface area (TPSA) is 21.6 Å². The fourth-order valence-corrected chi connectivity index (χ4v) is 1.02. The molecule has 0 saturated heterocycles. The molecule has 0 aliphatic heterocycles. The summed E-state index contributed by atoms with van der Waals surface area (Å²) in [7, 11) is 1.67. The van der Waals surface area contributed by atoms with Crippen molar-refractivity contribution in [1.82, 2.24) is 0 Å². The molecule has 0 fully saturated rings. The predicted octanol–water partition coefficient (Wildman–Crippen LogP) is 4.03. The molecule has 0 heterocycles. The van der Waals surface area contributed by atoms with Gasteiger partial charge in [-0.15, -0.1) is 0 Å². The Morgan fingerprint density at radius 3 is 2.25 bits per heavy atom. The zero-order valence-corrected chi connectivity index (χ0v) is 10.9. The number of aliphatic imine (C=N–C) groups is 1. The normalized spacial score (nSPS) is 15.1. The lowest BCUT2D eigenvalue weighted by atomic mass is 10.1. The zero-order chi connectivity index (χ0) is 12.6. The molecule has 0 aliphatic rings. The highest BCUT2D eigenvalue weighted by atomic mass is 16.5. The van der Waals surface area contributed by atoms with Crippen LogP contribution < -0.4 is 0 Å². The lowest BCUT2D eigenvalue weighted by Gasteiger charge is -2.04. The maximum absolute atomic E-state index is 5.28. The van der Waals surface area contributed by atoms with E-state index in [4.69, 9.17) is 4.74 Å². The molecule has 2 nitrogen and oxygen atoms in total. The van der Waals surface area contributed by atoms with Crippen LogP contribution in [0.3, 0.4) is 0 Å². The van der Waals surface area contributed by atoms with Gasteiger partial charge in [0.2, 0.25) is 0 Å². The van der Waals surface area contributed by atoms with Crippen molar-refractivity contribution in [3.05, 3.63) is 47.9 Å². The summed E-state index contributed by atoms with van der Waals surface area (Å²) in [5, 5.41) is 0. The first kappa shape index (κ1) is 14.4. The van der Waals surface area contributed by atoms with Crippen LogP contribution in [0.15, 0.2) is 52.9 Å². The molecule has 0 aliphatic carbocycles. The molecule has 0 aromatic rings. The molecule has 0 radical (unpaired) electrons. The third-order valence-corrected chi connectivity index (χ3v) is 2.28. The second-order valence-corrected chi connectivity index (χ2v) is 3.51. The molecule has 0 aromatic heterocycles. The quantitative estimate of drug-likeness (QED) is 0.388. The molecule has 2 heteroatoms. The van der Waals surface area contributed by atoms with Gasteiger partial charge in [-0.05, 0) is 45.4 Å². The highest BCUT2D eigenvalue weighted by Gasteiger charge is 1.97. The minimum absolute atomic E-state index is 0.826. The standard InChI is InChI=1S/C14H21NO/c1-7-11(3)9-14(16-6)10-12(4)13(5)15-8-2/h7-10H,2H2,1,3-6H3/b11-7-,12-10+,14-9+,15-13?. The van der Waals surface area contributed by atoms with Crippen molar-refractivity contribution in [3.63, 3.8) is 0 Å². The van der Waals surface area contributed by atoms with E-state index in [2.05, 4.69) is 11.6 Å². The molecular weight excluding hydrogens is 198 g/mol. The van der Waals surface area contributed by atoms with Crippen LogP contribution in [-0.2, 0) is 4.74 Å². The first-order valence-corrected chi connectivity index (χ1v) is 5.27. The van der Waals surface area contributed by atoms with Crippen LogP contribution >= 0.6 is 0 Å². The van der Waals surface area contributed by atoms with Gasteiger partial charge in [-0.2, -0.15) is 0 Å². The third kappa shape index (κ3) is 5.35. The first-order chi connectivity index (χ1) is 7.54. The minimum Gasteiger partial charge on any atom is -0.497 e. The summed E-state index contributed by atoms with van der Waals surface area (Å²) in [5.74, 6) is 0.826. The number of rotatable bonds is 5. The van der Waals surface area contributed by atoms with E-state index in [1.54, 1.807) is 13.3 Å². The van der Waals surface area contributed by atoms with Gasteiger partial charge in [0.1, 0.15) is 5.76 Å². The van der Waals surface area contributed by atoms with E-state index >= 15 is 0 Å². The lowest BCUT2D eigenvalue weighted by molar-refractivity contribution is 0.306. The summed E-state index contributed by atoms with van der Waals surface area (Å²) < 4.78 is 5.28. The van der Waals surface area contributed by atoms with E-state index < -0.39 is 0 Å². The highest BCUT2D eigenvalue weighted by molar-refractivity contribution is 5.98. The van der Waals surface area contributed by atoms with Gasteiger partial charge in [0, 0.05) is 11.9 Å². The monoisotopic (exact) mass is 219 g/mol. The van der Waals surface area contributed by atoms with E-state index in [1.165, 1.54) is 5.57 Å². The molecule has 88 valence electrons. The third-order valence-electron chi connectivity index (χ3n) is 2.28. The summed E-state index contributed by atoms with van der Waals surface area (Å²) in [6.07, 6.45) is 7.53. The van der Waals surface area contributed by atoms with Crippen molar-refractivity contribution in [3.8, 4) is 0 Å². The van der Waals surface area contributed by atoms with Crippen LogP contribution in [0, 0.1) is 0 Å². The largest absolute Gasteiger partial charge is 0.497 e. The number of ether oxygens (including phenoxy) is 1. The van der Waals surface area contributed by atoms with Crippen LogP contribution in [-0.4, -0.2) is 12.8 Å². The van der Waals surface area contributed by atoms with Crippen molar-refractivity contribution in [2.45, 2.75) is 27.7 Å². The lowest BCUT2D eigenvalue weighted by Crippen LogP contribution is -1.94. The average molecular weight is 219 g/mol. The SMILES string of the molecule is C=CN=C(C)/C(C)=C/C(=C\C(C)=C/C)OC. The Morgan fingerprint density at radius 2 is 1.81 bits per heavy atom. The van der Waals surface area contributed by atoms with Crippen LogP contribution in [0.25, 0.3) is 0 Å².